The fraction of sp³-hybridized carbons (Fsp3) is 0.538. The molecule has 1 fully saturated rings. The Morgan fingerprint density at radius 1 is 1.40 bits per heavy atom. The number of fused-ring (bicyclic) bond motifs is 1. The summed E-state index contributed by atoms with van der Waals surface area (Å²) in [6, 6.07) is 2.04. The minimum absolute atomic E-state index is 0.117. The molecule has 0 N–H and O–H groups in total. The normalized spacial score (nSPS) is 19.5. The van der Waals surface area contributed by atoms with Crippen molar-refractivity contribution < 1.29 is 8.42 Å². The van der Waals surface area contributed by atoms with Gasteiger partial charge in [0.15, 0.2) is 5.65 Å². The number of rotatable bonds is 2. The lowest BCUT2D eigenvalue weighted by atomic mass is 10.1. The van der Waals surface area contributed by atoms with Crippen molar-refractivity contribution in [1.29, 1.82) is 0 Å². The van der Waals surface area contributed by atoms with E-state index in [-0.39, 0.29) is 17.5 Å². The molecule has 108 valence electrons. The average molecular weight is 314 g/mol. The molecule has 5 nitrogen and oxygen atoms in total. The van der Waals surface area contributed by atoms with Crippen molar-refractivity contribution in [2.75, 3.05) is 11.5 Å². The first-order chi connectivity index (χ1) is 9.52. The van der Waals surface area contributed by atoms with E-state index in [2.05, 4.69) is 9.97 Å². The SMILES string of the molecule is Cc1ccnc2c1nc(CCl)n2C1CCS(=O)(=O)CC1. The molecule has 0 amide bonds. The van der Waals surface area contributed by atoms with Crippen LogP contribution in [0, 0.1) is 6.92 Å². The molecule has 0 atom stereocenters. The highest BCUT2D eigenvalue weighted by Gasteiger charge is 2.28. The third-order valence-electron chi connectivity index (χ3n) is 3.86. The molecule has 0 radical (unpaired) electrons. The zero-order valence-corrected chi connectivity index (χ0v) is 12.8. The number of sulfone groups is 1. The molecule has 0 saturated carbocycles. The molecule has 0 aliphatic carbocycles. The molecule has 0 spiro atoms. The van der Waals surface area contributed by atoms with E-state index in [4.69, 9.17) is 11.6 Å². The molecule has 1 aliphatic rings. The van der Waals surface area contributed by atoms with Crippen LogP contribution in [-0.2, 0) is 15.7 Å². The van der Waals surface area contributed by atoms with Crippen LogP contribution in [0.15, 0.2) is 12.3 Å². The van der Waals surface area contributed by atoms with Crippen molar-refractivity contribution in [2.45, 2.75) is 31.7 Å². The van der Waals surface area contributed by atoms with Gasteiger partial charge in [-0.2, -0.15) is 0 Å². The molecule has 3 rings (SSSR count). The maximum absolute atomic E-state index is 11.6. The zero-order chi connectivity index (χ0) is 14.3. The van der Waals surface area contributed by atoms with E-state index in [1.807, 2.05) is 17.6 Å². The Kier molecular flexibility index (Phi) is 3.46. The number of aromatic nitrogens is 3. The van der Waals surface area contributed by atoms with Crippen LogP contribution in [0.5, 0.6) is 0 Å². The van der Waals surface area contributed by atoms with Crippen molar-refractivity contribution in [2.24, 2.45) is 0 Å². The summed E-state index contributed by atoms with van der Waals surface area (Å²) in [5, 5.41) is 0. The lowest BCUT2D eigenvalue weighted by Crippen LogP contribution is -2.26. The molecule has 0 bridgehead atoms. The van der Waals surface area contributed by atoms with Gasteiger partial charge >= 0.3 is 0 Å². The minimum Gasteiger partial charge on any atom is -0.309 e. The smallest absolute Gasteiger partial charge is 0.160 e. The van der Waals surface area contributed by atoms with Gasteiger partial charge in [-0.3, -0.25) is 0 Å². The number of alkyl halides is 1. The lowest BCUT2D eigenvalue weighted by molar-refractivity contribution is 0.448. The van der Waals surface area contributed by atoms with Gasteiger partial charge in [-0.25, -0.2) is 18.4 Å². The number of aryl methyl sites for hydroxylation is 1. The van der Waals surface area contributed by atoms with Crippen molar-refractivity contribution in [1.82, 2.24) is 14.5 Å². The van der Waals surface area contributed by atoms with Crippen LogP contribution >= 0.6 is 11.6 Å². The van der Waals surface area contributed by atoms with Gasteiger partial charge in [0.05, 0.1) is 17.4 Å². The molecule has 1 saturated heterocycles. The molecule has 0 unspecified atom stereocenters. The van der Waals surface area contributed by atoms with Gasteiger partial charge in [-0.15, -0.1) is 11.6 Å². The van der Waals surface area contributed by atoms with E-state index in [0.717, 1.165) is 22.6 Å². The van der Waals surface area contributed by atoms with Crippen LogP contribution in [0.2, 0.25) is 0 Å². The highest BCUT2D eigenvalue weighted by molar-refractivity contribution is 7.91. The molecule has 1 aliphatic heterocycles. The fourth-order valence-corrected chi connectivity index (χ4v) is 4.42. The summed E-state index contributed by atoms with van der Waals surface area (Å²) in [4.78, 5) is 8.98. The summed E-state index contributed by atoms with van der Waals surface area (Å²) >= 11 is 6.00. The van der Waals surface area contributed by atoms with Gasteiger partial charge < -0.3 is 4.57 Å². The molecule has 20 heavy (non-hydrogen) atoms. The molecule has 2 aromatic heterocycles. The van der Waals surface area contributed by atoms with Gasteiger partial charge in [0.2, 0.25) is 0 Å². The van der Waals surface area contributed by atoms with Crippen molar-refractivity contribution in [3.63, 3.8) is 0 Å². The number of hydrogen-bond acceptors (Lipinski definition) is 4. The number of imidazole rings is 1. The summed E-state index contributed by atoms with van der Waals surface area (Å²) in [6.45, 7) is 1.99. The second kappa shape index (κ2) is 5.00. The fourth-order valence-electron chi connectivity index (χ4n) is 2.77. The molecule has 3 heterocycles. The van der Waals surface area contributed by atoms with Crippen LogP contribution in [0.25, 0.3) is 11.2 Å². The monoisotopic (exact) mass is 313 g/mol. The van der Waals surface area contributed by atoms with E-state index in [9.17, 15) is 8.42 Å². The first-order valence-corrected chi connectivity index (χ1v) is 8.96. The number of pyridine rings is 1. The van der Waals surface area contributed by atoms with Crippen molar-refractivity contribution >= 4 is 32.6 Å². The standard InChI is InChI=1S/C13H16ClN3O2S/c1-9-2-5-15-13-12(9)16-11(8-14)17(13)10-3-6-20(18,19)7-4-10/h2,5,10H,3-4,6-8H2,1H3. The topological polar surface area (TPSA) is 64.8 Å². The first-order valence-electron chi connectivity index (χ1n) is 6.60. The summed E-state index contributed by atoms with van der Waals surface area (Å²) < 4.78 is 25.2. The molecule has 0 aromatic carbocycles. The summed E-state index contributed by atoms with van der Waals surface area (Å²) in [5.74, 6) is 1.53. The Morgan fingerprint density at radius 2 is 2.10 bits per heavy atom. The third kappa shape index (κ3) is 2.31. The Labute approximate surface area is 122 Å². The Morgan fingerprint density at radius 3 is 2.75 bits per heavy atom. The van der Waals surface area contributed by atoms with E-state index in [0.29, 0.717) is 18.7 Å². The maximum Gasteiger partial charge on any atom is 0.160 e. The Bertz CT molecular complexity index is 740. The molecular formula is C13H16ClN3O2S. The number of halogens is 1. The van der Waals surface area contributed by atoms with Gasteiger partial charge in [0, 0.05) is 12.2 Å². The second-order valence-electron chi connectivity index (χ2n) is 5.21. The maximum atomic E-state index is 11.6. The highest BCUT2D eigenvalue weighted by atomic mass is 35.5. The average Bonchev–Trinajstić information content (AvgIpc) is 2.79. The van der Waals surface area contributed by atoms with Crippen LogP contribution in [0.4, 0.5) is 0 Å². The molecule has 7 heteroatoms. The van der Waals surface area contributed by atoms with E-state index < -0.39 is 9.84 Å². The minimum atomic E-state index is -2.87. The second-order valence-corrected chi connectivity index (χ2v) is 7.79. The van der Waals surface area contributed by atoms with Crippen molar-refractivity contribution in [3.8, 4) is 0 Å². The Hall–Kier alpha value is -1.14. The van der Waals surface area contributed by atoms with Crippen LogP contribution in [0.1, 0.15) is 30.3 Å². The van der Waals surface area contributed by atoms with Crippen LogP contribution in [0.3, 0.4) is 0 Å². The van der Waals surface area contributed by atoms with Crippen LogP contribution < -0.4 is 0 Å². The lowest BCUT2D eigenvalue weighted by Gasteiger charge is -2.24. The zero-order valence-electron chi connectivity index (χ0n) is 11.2. The number of hydrogen-bond donors (Lipinski definition) is 0. The number of nitrogens with zero attached hydrogens (tertiary/aromatic N) is 3. The predicted octanol–water partition coefficient (Wildman–Crippen LogP) is 2.23. The molecule has 2 aromatic rings. The summed E-state index contributed by atoms with van der Waals surface area (Å²) in [7, 11) is -2.87. The van der Waals surface area contributed by atoms with E-state index >= 15 is 0 Å². The van der Waals surface area contributed by atoms with E-state index in [1.54, 1.807) is 6.20 Å². The third-order valence-corrected chi connectivity index (χ3v) is 5.82. The highest BCUT2D eigenvalue weighted by Crippen LogP contribution is 2.30. The summed E-state index contributed by atoms with van der Waals surface area (Å²) in [6.07, 6.45) is 2.97. The van der Waals surface area contributed by atoms with Crippen molar-refractivity contribution in [3.05, 3.63) is 23.7 Å². The predicted molar refractivity (Wildman–Crippen MR) is 78.7 cm³/mol. The Balaban J connectivity index is 2.09. The van der Waals surface area contributed by atoms with Gasteiger partial charge in [0.25, 0.3) is 0 Å². The van der Waals surface area contributed by atoms with Gasteiger partial charge in [-0.1, -0.05) is 0 Å². The van der Waals surface area contributed by atoms with Gasteiger partial charge in [-0.05, 0) is 31.4 Å². The first kappa shape index (κ1) is 13.8. The van der Waals surface area contributed by atoms with E-state index in [1.165, 1.54) is 0 Å². The van der Waals surface area contributed by atoms with Crippen LogP contribution in [-0.4, -0.2) is 34.5 Å². The quantitative estimate of drug-likeness (QED) is 0.798. The largest absolute Gasteiger partial charge is 0.309 e. The van der Waals surface area contributed by atoms with Gasteiger partial charge in [0.1, 0.15) is 21.2 Å². The molecular weight excluding hydrogens is 298 g/mol. The summed E-state index contributed by atoms with van der Waals surface area (Å²) in [5.41, 5.74) is 2.73.